The molecule has 20 heavy (non-hydrogen) atoms. The molecule has 1 saturated heterocycles. The number of likely N-dealkylation sites (N-methyl/N-ethyl adjacent to an activating group) is 1. The van der Waals surface area contributed by atoms with E-state index in [1.165, 1.54) is 0 Å². The van der Waals surface area contributed by atoms with E-state index in [0.29, 0.717) is 5.56 Å². The number of benzene rings is 1. The largest absolute Gasteiger partial charge is 0.352 e. The minimum Gasteiger partial charge on any atom is -0.352 e. The zero-order valence-electron chi connectivity index (χ0n) is 11.9. The van der Waals surface area contributed by atoms with Crippen molar-refractivity contribution >= 4 is 21.8 Å². The standard InChI is InChI=1S/C15H22BrN3O/c1-18-9-11-19(12-10-18)8-2-7-17-15(20)13-3-5-14(16)6-4-13/h3-6H,2,7-12H2,1H3,(H,17,20). The molecule has 1 N–H and O–H groups in total. The molecule has 1 aromatic rings. The molecule has 0 aromatic heterocycles. The quantitative estimate of drug-likeness (QED) is 0.831. The highest BCUT2D eigenvalue weighted by molar-refractivity contribution is 9.10. The van der Waals surface area contributed by atoms with Crippen LogP contribution in [0.5, 0.6) is 0 Å². The summed E-state index contributed by atoms with van der Waals surface area (Å²) in [5.41, 5.74) is 0.716. The van der Waals surface area contributed by atoms with E-state index in [4.69, 9.17) is 0 Å². The predicted octanol–water partition coefficient (Wildman–Crippen LogP) is 1.82. The number of hydrogen-bond donors (Lipinski definition) is 1. The van der Waals surface area contributed by atoms with Gasteiger partial charge < -0.3 is 15.1 Å². The Hall–Kier alpha value is -0.910. The van der Waals surface area contributed by atoms with Gasteiger partial charge in [0.05, 0.1) is 0 Å². The Bertz CT molecular complexity index is 427. The van der Waals surface area contributed by atoms with Crippen LogP contribution in [-0.2, 0) is 0 Å². The predicted molar refractivity (Wildman–Crippen MR) is 85.0 cm³/mol. The van der Waals surface area contributed by atoms with Crippen molar-refractivity contribution in [2.45, 2.75) is 6.42 Å². The first-order valence-corrected chi connectivity index (χ1v) is 7.89. The summed E-state index contributed by atoms with van der Waals surface area (Å²) < 4.78 is 0.990. The van der Waals surface area contributed by atoms with Gasteiger partial charge in [0.1, 0.15) is 0 Å². The van der Waals surface area contributed by atoms with Crippen LogP contribution in [0, 0.1) is 0 Å². The molecule has 1 fully saturated rings. The summed E-state index contributed by atoms with van der Waals surface area (Å²) >= 11 is 3.37. The number of nitrogens with zero attached hydrogens (tertiary/aromatic N) is 2. The zero-order chi connectivity index (χ0) is 14.4. The summed E-state index contributed by atoms with van der Waals surface area (Å²) in [5.74, 6) is 0.0101. The molecule has 1 heterocycles. The van der Waals surface area contributed by atoms with Gasteiger partial charge in [-0.3, -0.25) is 4.79 Å². The Kier molecular flexibility index (Phi) is 6.01. The number of amides is 1. The summed E-state index contributed by atoms with van der Waals surface area (Å²) in [6.07, 6.45) is 1.01. The van der Waals surface area contributed by atoms with Crippen molar-refractivity contribution in [2.75, 3.05) is 46.3 Å². The van der Waals surface area contributed by atoms with Gasteiger partial charge >= 0.3 is 0 Å². The highest BCUT2D eigenvalue weighted by atomic mass is 79.9. The number of nitrogens with one attached hydrogen (secondary N) is 1. The Morgan fingerprint density at radius 2 is 1.85 bits per heavy atom. The lowest BCUT2D eigenvalue weighted by molar-refractivity contribution is 0.0949. The average Bonchev–Trinajstić information content (AvgIpc) is 2.46. The van der Waals surface area contributed by atoms with Crippen molar-refractivity contribution in [3.05, 3.63) is 34.3 Å². The molecule has 1 aromatic carbocycles. The molecule has 0 radical (unpaired) electrons. The molecular formula is C15H22BrN3O. The first-order valence-electron chi connectivity index (χ1n) is 7.10. The molecule has 110 valence electrons. The Balaban J connectivity index is 1.63. The summed E-state index contributed by atoms with van der Waals surface area (Å²) in [5, 5.41) is 2.98. The van der Waals surface area contributed by atoms with Crippen LogP contribution in [0.25, 0.3) is 0 Å². The highest BCUT2D eigenvalue weighted by Gasteiger charge is 2.13. The van der Waals surface area contributed by atoms with Crippen LogP contribution in [0.2, 0.25) is 0 Å². The van der Waals surface area contributed by atoms with Crippen molar-refractivity contribution in [3.8, 4) is 0 Å². The van der Waals surface area contributed by atoms with Gasteiger partial charge in [-0.25, -0.2) is 0 Å². The fourth-order valence-corrected chi connectivity index (χ4v) is 2.54. The van der Waals surface area contributed by atoms with Gasteiger partial charge in [-0.15, -0.1) is 0 Å². The Morgan fingerprint density at radius 1 is 1.20 bits per heavy atom. The monoisotopic (exact) mass is 339 g/mol. The number of carbonyl (C=O) groups is 1. The van der Waals surface area contributed by atoms with E-state index in [-0.39, 0.29) is 5.91 Å². The van der Waals surface area contributed by atoms with Crippen LogP contribution in [0.4, 0.5) is 0 Å². The van der Waals surface area contributed by atoms with Crippen LogP contribution in [0.3, 0.4) is 0 Å². The van der Waals surface area contributed by atoms with Gasteiger partial charge in [0, 0.05) is 42.8 Å². The number of hydrogen-bond acceptors (Lipinski definition) is 3. The first kappa shape index (κ1) is 15.5. The molecule has 2 rings (SSSR count). The van der Waals surface area contributed by atoms with Crippen LogP contribution < -0.4 is 5.32 Å². The second-order valence-corrected chi connectivity index (χ2v) is 6.18. The normalized spacial score (nSPS) is 17.1. The van der Waals surface area contributed by atoms with Gasteiger partial charge in [-0.1, -0.05) is 15.9 Å². The maximum absolute atomic E-state index is 11.9. The van der Waals surface area contributed by atoms with Crippen molar-refractivity contribution in [2.24, 2.45) is 0 Å². The third-order valence-electron chi connectivity index (χ3n) is 3.64. The molecule has 4 nitrogen and oxygen atoms in total. The molecule has 1 amide bonds. The molecule has 1 aliphatic heterocycles. The molecule has 0 spiro atoms. The van der Waals surface area contributed by atoms with Crippen LogP contribution in [-0.4, -0.2) is 62.0 Å². The van der Waals surface area contributed by atoms with E-state index >= 15 is 0 Å². The Labute approximate surface area is 129 Å². The lowest BCUT2D eigenvalue weighted by Gasteiger charge is -2.32. The summed E-state index contributed by atoms with van der Waals surface area (Å²) in [7, 11) is 2.16. The van der Waals surface area contributed by atoms with E-state index < -0.39 is 0 Å². The Morgan fingerprint density at radius 3 is 2.50 bits per heavy atom. The lowest BCUT2D eigenvalue weighted by atomic mass is 10.2. The molecule has 1 aliphatic rings. The second kappa shape index (κ2) is 7.76. The minimum atomic E-state index is 0.0101. The molecule has 0 bridgehead atoms. The van der Waals surface area contributed by atoms with Gasteiger partial charge in [0.25, 0.3) is 5.91 Å². The molecule has 0 unspecified atom stereocenters. The summed E-state index contributed by atoms with van der Waals surface area (Å²) in [6.45, 7) is 6.36. The van der Waals surface area contributed by atoms with Crippen LogP contribution in [0.15, 0.2) is 28.7 Å². The van der Waals surface area contributed by atoms with Crippen molar-refractivity contribution in [1.82, 2.24) is 15.1 Å². The fourth-order valence-electron chi connectivity index (χ4n) is 2.28. The topological polar surface area (TPSA) is 35.6 Å². The van der Waals surface area contributed by atoms with Crippen LogP contribution in [0.1, 0.15) is 16.8 Å². The van der Waals surface area contributed by atoms with Gasteiger partial charge in [0.2, 0.25) is 0 Å². The van der Waals surface area contributed by atoms with Crippen molar-refractivity contribution < 1.29 is 4.79 Å². The average molecular weight is 340 g/mol. The number of piperazine rings is 1. The molecule has 0 saturated carbocycles. The number of halogens is 1. The summed E-state index contributed by atoms with van der Waals surface area (Å²) in [4.78, 5) is 16.7. The lowest BCUT2D eigenvalue weighted by Crippen LogP contribution is -2.45. The third kappa shape index (κ3) is 4.89. The molecule has 0 aliphatic carbocycles. The van der Waals surface area contributed by atoms with E-state index in [1.54, 1.807) is 0 Å². The summed E-state index contributed by atoms with van der Waals surface area (Å²) in [6, 6.07) is 7.44. The smallest absolute Gasteiger partial charge is 0.251 e. The maximum Gasteiger partial charge on any atom is 0.251 e. The van der Waals surface area contributed by atoms with Crippen molar-refractivity contribution in [1.29, 1.82) is 0 Å². The third-order valence-corrected chi connectivity index (χ3v) is 4.17. The number of rotatable bonds is 5. The second-order valence-electron chi connectivity index (χ2n) is 5.26. The number of carbonyl (C=O) groups excluding carboxylic acids is 1. The first-order chi connectivity index (χ1) is 9.65. The maximum atomic E-state index is 11.9. The van der Waals surface area contributed by atoms with Crippen molar-refractivity contribution in [3.63, 3.8) is 0 Å². The highest BCUT2D eigenvalue weighted by Crippen LogP contribution is 2.10. The SMILES string of the molecule is CN1CCN(CCCNC(=O)c2ccc(Br)cc2)CC1. The fraction of sp³-hybridized carbons (Fsp3) is 0.533. The zero-order valence-corrected chi connectivity index (χ0v) is 13.5. The van der Waals surface area contributed by atoms with Gasteiger partial charge in [-0.2, -0.15) is 0 Å². The van der Waals surface area contributed by atoms with E-state index in [2.05, 4.69) is 38.1 Å². The van der Waals surface area contributed by atoms with Gasteiger partial charge in [0.15, 0.2) is 0 Å². The minimum absolute atomic E-state index is 0.0101. The van der Waals surface area contributed by atoms with Gasteiger partial charge in [-0.05, 0) is 44.3 Å². The molecular weight excluding hydrogens is 318 g/mol. The molecule has 0 atom stereocenters. The van der Waals surface area contributed by atoms with E-state index in [9.17, 15) is 4.79 Å². The molecule has 5 heteroatoms. The van der Waals surface area contributed by atoms with E-state index in [1.807, 2.05) is 24.3 Å². The van der Waals surface area contributed by atoms with E-state index in [0.717, 1.165) is 50.2 Å². The van der Waals surface area contributed by atoms with Crippen LogP contribution >= 0.6 is 15.9 Å².